The normalized spacial score (nSPS) is 17.4. The summed E-state index contributed by atoms with van der Waals surface area (Å²) in [4.78, 5) is 0. The molecule has 0 radical (unpaired) electrons. The van der Waals surface area contributed by atoms with Gasteiger partial charge in [0.15, 0.2) is 0 Å². The fourth-order valence-electron chi connectivity index (χ4n) is 1.99. The maximum Gasteiger partial charge on any atom is 0.0790 e. The van der Waals surface area contributed by atoms with Crippen LogP contribution in [0.15, 0.2) is 24.3 Å². The minimum absolute atomic E-state index is 0.344. The molecule has 1 saturated carbocycles. The van der Waals surface area contributed by atoms with E-state index >= 15 is 0 Å². The summed E-state index contributed by atoms with van der Waals surface area (Å²) in [6, 6.07) is 8.44. The zero-order valence-corrected chi connectivity index (χ0v) is 9.86. The third-order valence-corrected chi connectivity index (χ3v) is 3.20. The van der Waals surface area contributed by atoms with E-state index in [0.29, 0.717) is 0 Å². The van der Waals surface area contributed by atoms with Crippen LogP contribution in [0.4, 0.5) is 0 Å². The summed E-state index contributed by atoms with van der Waals surface area (Å²) in [6.07, 6.45) is 3.99. The molecule has 2 rings (SSSR count). The van der Waals surface area contributed by atoms with E-state index in [2.05, 4.69) is 24.3 Å². The standard InChI is InChI=1S/C14H20O2/c1-16-10-2-3-14(15)13-8-6-12(7-9-13)11-4-5-11/h6-9,11,14-15H,2-5,10H2,1H3. The van der Waals surface area contributed by atoms with Gasteiger partial charge in [-0.15, -0.1) is 0 Å². The second-order valence-electron chi connectivity index (χ2n) is 4.59. The molecule has 0 heterocycles. The summed E-state index contributed by atoms with van der Waals surface area (Å²) in [7, 11) is 1.69. The van der Waals surface area contributed by atoms with Crippen molar-refractivity contribution in [3.8, 4) is 0 Å². The van der Waals surface area contributed by atoms with Gasteiger partial charge in [0.2, 0.25) is 0 Å². The van der Waals surface area contributed by atoms with Gasteiger partial charge in [0.1, 0.15) is 0 Å². The molecule has 1 aliphatic rings. The predicted molar refractivity (Wildman–Crippen MR) is 64.5 cm³/mol. The van der Waals surface area contributed by atoms with Gasteiger partial charge < -0.3 is 9.84 Å². The van der Waals surface area contributed by atoms with E-state index in [1.807, 2.05) is 0 Å². The number of benzene rings is 1. The Balaban J connectivity index is 1.87. The number of methoxy groups -OCH3 is 1. The minimum atomic E-state index is -0.344. The summed E-state index contributed by atoms with van der Waals surface area (Å²) >= 11 is 0. The van der Waals surface area contributed by atoms with Crippen LogP contribution < -0.4 is 0 Å². The van der Waals surface area contributed by atoms with E-state index < -0.39 is 0 Å². The fourth-order valence-corrected chi connectivity index (χ4v) is 1.99. The monoisotopic (exact) mass is 220 g/mol. The molecule has 1 atom stereocenters. The van der Waals surface area contributed by atoms with Gasteiger partial charge in [0.05, 0.1) is 6.10 Å². The first-order valence-electron chi connectivity index (χ1n) is 6.08. The number of rotatable bonds is 6. The lowest BCUT2D eigenvalue weighted by Crippen LogP contribution is -2.00. The first kappa shape index (κ1) is 11.6. The predicted octanol–water partition coefficient (Wildman–Crippen LogP) is 3.02. The van der Waals surface area contributed by atoms with Crippen molar-refractivity contribution in [3.63, 3.8) is 0 Å². The maximum atomic E-state index is 9.94. The molecule has 1 fully saturated rings. The Hall–Kier alpha value is -0.860. The molecule has 1 N–H and O–H groups in total. The van der Waals surface area contributed by atoms with E-state index in [-0.39, 0.29) is 6.10 Å². The van der Waals surface area contributed by atoms with Crippen molar-refractivity contribution in [2.75, 3.05) is 13.7 Å². The summed E-state index contributed by atoms with van der Waals surface area (Å²) in [6.45, 7) is 0.719. The average Bonchev–Trinajstić information content (AvgIpc) is 3.13. The van der Waals surface area contributed by atoms with Crippen molar-refractivity contribution in [3.05, 3.63) is 35.4 Å². The van der Waals surface area contributed by atoms with Gasteiger partial charge in [-0.1, -0.05) is 24.3 Å². The lowest BCUT2D eigenvalue weighted by Gasteiger charge is -2.11. The number of aliphatic hydroxyl groups is 1. The molecular formula is C14H20O2. The first-order valence-corrected chi connectivity index (χ1v) is 6.08. The van der Waals surface area contributed by atoms with Gasteiger partial charge in [-0.2, -0.15) is 0 Å². The Labute approximate surface area is 97.3 Å². The molecule has 0 saturated heterocycles. The SMILES string of the molecule is COCCCC(O)c1ccc(C2CC2)cc1. The molecule has 16 heavy (non-hydrogen) atoms. The van der Waals surface area contributed by atoms with E-state index in [0.717, 1.165) is 30.9 Å². The van der Waals surface area contributed by atoms with E-state index in [4.69, 9.17) is 4.74 Å². The van der Waals surface area contributed by atoms with Gasteiger partial charge in [-0.05, 0) is 42.7 Å². The van der Waals surface area contributed by atoms with Gasteiger partial charge in [-0.3, -0.25) is 0 Å². The van der Waals surface area contributed by atoms with Gasteiger partial charge >= 0.3 is 0 Å². The van der Waals surface area contributed by atoms with Crippen molar-refractivity contribution in [2.24, 2.45) is 0 Å². The number of aliphatic hydroxyl groups excluding tert-OH is 1. The van der Waals surface area contributed by atoms with Crippen LogP contribution >= 0.6 is 0 Å². The van der Waals surface area contributed by atoms with Crippen LogP contribution in [-0.2, 0) is 4.74 Å². The van der Waals surface area contributed by atoms with Crippen LogP contribution in [0.5, 0.6) is 0 Å². The van der Waals surface area contributed by atoms with Crippen molar-refractivity contribution in [2.45, 2.75) is 37.7 Å². The molecule has 1 aromatic rings. The van der Waals surface area contributed by atoms with Crippen LogP contribution in [0.1, 0.15) is 48.8 Å². The van der Waals surface area contributed by atoms with Gasteiger partial charge in [-0.25, -0.2) is 0 Å². The Kier molecular flexibility index (Phi) is 3.97. The summed E-state index contributed by atoms with van der Waals surface area (Å²) in [5, 5.41) is 9.94. The second kappa shape index (κ2) is 5.46. The first-order chi connectivity index (χ1) is 7.81. The third-order valence-electron chi connectivity index (χ3n) is 3.20. The van der Waals surface area contributed by atoms with Gasteiger partial charge in [0, 0.05) is 13.7 Å². The fraction of sp³-hybridized carbons (Fsp3) is 0.571. The summed E-state index contributed by atoms with van der Waals surface area (Å²) < 4.78 is 4.98. The van der Waals surface area contributed by atoms with Crippen LogP contribution in [0, 0.1) is 0 Å². The van der Waals surface area contributed by atoms with Crippen molar-refractivity contribution >= 4 is 0 Å². The molecule has 1 aliphatic carbocycles. The van der Waals surface area contributed by atoms with Crippen LogP contribution in [0.25, 0.3) is 0 Å². The van der Waals surface area contributed by atoms with Crippen molar-refractivity contribution in [1.29, 1.82) is 0 Å². The van der Waals surface area contributed by atoms with E-state index in [1.54, 1.807) is 7.11 Å². The molecule has 2 heteroatoms. The number of ether oxygens (including phenoxy) is 1. The van der Waals surface area contributed by atoms with Gasteiger partial charge in [0.25, 0.3) is 0 Å². The number of hydrogen-bond donors (Lipinski definition) is 1. The maximum absolute atomic E-state index is 9.94. The number of hydrogen-bond acceptors (Lipinski definition) is 2. The molecule has 1 aromatic carbocycles. The average molecular weight is 220 g/mol. The lowest BCUT2D eigenvalue weighted by molar-refractivity contribution is 0.136. The van der Waals surface area contributed by atoms with E-state index in [1.165, 1.54) is 18.4 Å². The highest BCUT2D eigenvalue weighted by Gasteiger charge is 2.23. The lowest BCUT2D eigenvalue weighted by atomic mass is 10.0. The molecular weight excluding hydrogens is 200 g/mol. The smallest absolute Gasteiger partial charge is 0.0790 e. The van der Waals surface area contributed by atoms with E-state index in [9.17, 15) is 5.11 Å². The highest BCUT2D eigenvalue weighted by molar-refractivity contribution is 5.29. The van der Waals surface area contributed by atoms with Crippen molar-refractivity contribution in [1.82, 2.24) is 0 Å². The molecule has 1 unspecified atom stereocenters. The molecule has 0 aliphatic heterocycles. The Bertz CT molecular complexity index is 314. The summed E-state index contributed by atoms with van der Waals surface area (Å²) in [5.74, 6) is 0.791. The van der Waals surface area contributed by atoms with Crippen LogP contribution in [0.2, 0.25) is 0 Å². The zero-order chi connectivity index (χ0) is 11.4. The highest BCUT2D eigenvalue weighted by atomic mass is 16.5. The summed E-state index contributed by atoms with van der Waals surface area (Å²) in [5.41, 5.74) is 2.45. The molecule has 0 spiro atoms. The highest BCUT2D eigenvalue weighted by Crippen LogP contribution is 2.40. The quantitative estimate of drug-likeness (QED) is 0.747. The molecule has 88 valence electrons. The molecule has 0 aromatic heterocycles. The second-order valence-corrected chi connectivity index (χ2v) is 4.59. The Morgan fingerprint density at radius 3 is 2.56 bits per heavy atom. The third kappa shape index (κ3) is 3.06. The molecule has 0 bridgehead atoms. The molecule has 2 nitrogen and oxygen atoms in total. The Morgan fingerprint density at radius 1 is 1.31 bits per heavy atom. The topological polar surface area (TPSA) is 29.5 Å². The Morgan fingerprint density at radius 2 is 2.00 bits per heavy atom. The minimum Gasteiger partial charge on any atom is -0.388 e. The van der Waals surface area contributed by atoms with Crippen molar-refractivity contribution < 1.29 is 9.84 Å². The zero-order valence-electron chi connectivity index (χ0n) is 9.86. The molecule has 0 amide bonds. The van der Waals surface area contributed by atoms with Crippen LogP contribution in [0.3, 0.4) is 0 Å². The largest absolute Gasteiger partial charge is 0.388 e. The van der Waals surface area contributed by atoms with Crippen LogP contribution in [-0.4, -0.2) is 18.8 Å².